The number of aromatic nitrogens is 1. The van der Waals surface area contributed by atoms with Crippen molar-refractivity contribution in [3.8, 4) is 5.75 Å². The minimum absolute atomic E-state index is 0.494. The Morgan fingerprint density at radius 1 is 1.15 bits per heavy atom. The zero-order chi connectivity index (χ0) is 20.3. The summed E-state index contributed by atoms with van der Waals surface area (Å²) >= 11 is 0. The molecule has 2 aromatic rings. The third kappa shape index (κ3) is 12.3. The number of hydrogen-bond donors (Lipinski definition) is 1. The van der Waals surface area contributed by atoms with Crippen LogP contribution in [0, 0.1) is 0 Å². The predicted octanol–water partition coefficient (Wildman–Crippen LogP) is 6.58. The fourth-order valence-electron chi connectivity index (χ4n) is 1.89. The van der Waals surface area contributed by atoms with E-state index in [0.29, 0.717) is 6.61 Å². The van der Waals surface area contributed by atoms with Crippen LogP contribution < -0.4 is 10.1 Å². The molecule has 148 valence electrons. The molecule has 27 heavy (non-hydrogen) atoms. The fourth-order valence-corrected chi connectivity index (χ4v) is 1.89. The molecule has 0 aliphatic heterocycles. The van der Waals surface area contributed by atoms with E-state index in [1.807, 2.05) is 89.4 Å². The van der Waals surface area contributed by atoms with Crippen LogP contribution >= 0.6 is 0 Å². The number of pyridine rings is 1. The van der Waals surface area contributed by atoms with E-state index in [4.69, 9.17) is 9.47 Å². The number of nitrogens with zero attached hydrogens (tertiary/aromatic N) is 1. The number of rotatable bonds is 7. The van der Waals surface area contributed by atoms with Gasteiger partial charge in [-0.05, 0) is 50.6 Å². The normalized spacial score (nSPS) is 10.2. The SMILES string of the molecule is C/C=C\O/C(C)=C/CC.CC.CNc1cccc(OCc2ccccn2)c1. The molecule has 1 heterocycles. The lowest BCUT2D eigenvalue weighted by Crippen LogP contribution is -1.98. The molecule has 4 nitrogen and oxygen atoms in total. The van der Waals surface area contributed by atoms with Gasteiger partial charge in [0.2, 0.25) is 0 Å². The second-order valence-corrected chi connectivity index (χ2v) is 5.20. The molecule has 1 N–H and O–H groups in total. The molecular formula is C23H34N2O2. The van der Waals surface area contributed by atoms with Gasteiger partial charge < -0.3 is 14.8 Å². The summed E-state index contributed by atoms with van der Waals surface area (Å²) in [5.41, 5.74) is 1.97. The fraction of sp³-hybridized carbons (Fsp3) is 0.348. The van der Waals surface area contributed by atoms with E-state index in [1.54, 1.807) is 12.5 Å². The van der Waals surface area contributed by atoms with Crippen LogP contribution in [0.25, 0.3) is 0 Å². The number of nitrogens with one attached hydrogen (secondary N) is 1. The van der Waals surface area contributed by atoms with E-state index in [2.05, 4.69) is 17.2 Å². The molecule has 0 spiro atoms. The first-order valence-electron chi connectivity index (χ1n) is 9.44. The van der Waals surface area contributed by atoms with Crippen LogP contribution in [-0.2, 0) is 11.3 Å². The van der Waals surface area contributed by atoms with Crippen molar-refractivity contribution in [1.82, 2.24) is 4.98 Å². The van der Waals surface area contributed by atoms with Crippen molar-refractivity contribution in [2.45, 2.75) is 47.6 Å². The molecule has 4 heteroatoms. The van der Waals surface area contributed by atoms with Gasteiger partial charge in [-0.25, -0.2) is 0 Å². The Balaban J connectivity index is 0.000000528. The standard InChI is InChI=1S/C13H14N2O.C8H14O.C2H6/c1-14-11-6-4-7-13(9-11)16-10-12-5-2-3-8-15-12;1-4-6-8(3)9-7-5-2;1-2/h2-9,14H,10H2,1H3;5-7H,4H2,1-3H3;1-2H3/b;7-5-,8-6+;. The van der Waals surface area contributed by atoms with E-state index >= 15 is 0 Å². The van der Waals surface area contributed by atoms with Crippen molar-refractivity contribution in [3.63, 3.8) is 0 Å². The highest BCUT2D eigenvalue weighted by molar-refractivity contribution is 5.47. The molecule has 0 unspecified atom stereocenters. The zero-order valence-electron chi connectivity index (χ0n) is 17.5. The summed E-state index contributed by atoms with van der Waals surface area (Å²) in [6.45, 7) is 10.5. The lowest BCUT2D eigenvalue weighted by molar-refractivity contribution is 0.301. The average Bonchev–Trinajstić information content (AvgIpc) is 2.74. The van der Waals surface area contributed by atoms with E-state index in [0.717, 1.165) is 29.3 Å². The topological polar surface area (TPSA) is 43.4 Å². The molecule has 0 amide bonds. The Labute approximate surface area is 164 Å². The summed E-state index contributed by atoms with van der Waals surface area (Å²) in [7, 11) is 1.89. The van der Waals surface area contributed by atoms with Gasteiger partial charge in [-0.1, -0.05) is 39.0 Å². The first-order chi connectivity index (χ1) is 13.2. The van der Waals surface area contributed by atoms with Crippen molar-refractivity contribution in [2.24, 2.45) is 0 Å². The minimum Gasteiger partial charge on any atom is -0.487 e. The highest BCUT2D eigenvalue weighted by Crippen LogP contribution is 2.17. The van der Waals surface area contributed by atoms with Crippen molar-refractivity contribution >= 4 is 5.69 Å². The van der Waals surface area contributed by atoms with Gasteiger partial charge >= 0.3 is 0 Å². The summed E-state index contributed by atoms with van der Waals surface area (Å²) < 4.78 is 10.7. The highest BCUT2D eigenvalue weighted by Gasteiger charge is 1.97. The summed E-state index contributed by atoms with van der Waals surface area (Å²) in [4.78, 5) is 4.20. The van der Waals surface area contributed by atoms with Crippen LogP contribution in [0.3, 0.4) is 0 Å². The van der Waals surface area contributed by atoms with E-state index in [-0.39, 0.29) is 0 Å². The van der Waals surface area contributed by atoms with E-state index in [9.17, 15) is 0 Å². The second kappa shape index (κ2) is 16.7. The van der Waals surface area contributed by atoms with Crippen molar-refractivity contribution in [3.05, 3.63) is 78.5 Å². The van der Waals surface area contributed by atoms with Crippen molar-refractivity contribution in [2.75, 3.05) is 12.4 Å². The molecule has 0 saturated heterocycles. The van der Waals surface area contributed by atoms with Crippen LogP contribution in [0.1, 0.15) is 46.7 Å². The zero-order valence-corrected chi connectivity index (χ0v) is 17.5. The van der Waals surface area contributed by atoms with Crippen LogP contribution in [0.2, 0.25) is 0 Å². The molecule has 0 saturated carbocycles. The summed E-state index contributed by atoms with van der Waals surface area (Å²) in [6.07, 6.45) is 8.39. The number of allylic oxidation sites excluding steroid dienone is 3. The number of hydrogen-bond acceptors (Lipinski definition) is 4. The van der Waals surface area contributed by atoms with Crippen LogP contribution in [-0.4, -0.2) is 12.0 Å². The maximum absolute atomic E-state index is 5.63. The van der Waals surface area contributed by atoms with Gasteiger partial charge in [0.1, 0.15) is 12.4 Å². The molecule has 1 aromatic carbocycles. The van der Waals surface area contributed by atoms with Gasteiger partial charge in [0, 0.05) is 25.0 Å². The highest BCUT2D eigenvalue weighted by atomic mass is 16.5. The quantitative estimate of drug-likeness (QED) is 0.559. The molecule has 0 atom stereocenters. The number of ether oxygens (including phenoxy) is 2. The largest absolute Gasteiger partial charge is 0.487 e. The van der Waals surface area contributed by atoms with Gasteiger partial charge in [0.05, 0.1) is 17.7 Å². The van der Waals surface area contributed by atoms with Crippen LogP contribution in [0.5, 0.6) is 5.75 Å². The second-order valence-electron chi connectivity index (χ2n) is 5.20. The summed E-state index contributed by atoms with van der Waals surface area (Å²) in [6, 6.07) is 13.6. The molecule has 0 radical (unpaired) electrons. The van der Waals surface area contributed by atoms with Gasteiger partial charge in [-0.3, -0.25) is 4.98 Å². The van der Waals surface area contributed by atoms with E-state index < -0.39 is 0 Å². The lowest BCUT2D eigenvalue weighted by atomic mass is 10.3. The van der Waals surface area contributed by atoms with Gasteiger partial charge in [-0.2, -0.15) is 0 Å². The van der Waals surface area contributed by atoms with Crippen molar-refractivity contribution < 1.29 is 9.47 Å². The Morgan fingerprint density at radius 2 is 1.93 bits per heavy atom. The third-order valence-corrected chi connectivity index (χ3v) is 3.12. The van der Waals surface area contributed by atoms with Gasteiger partial charge in [-0.15, -0.1) is 0 Å². The molecule has 2 rings (SSSR count). The summed E-state index contributed by atoms with van der Waals surface area (Å²) in [5.74, 6) is 1.81. The number of anilines is 1. The van der Waals surface area contributed by atoms with Crippen LogP contribution in [0.15, 0.2) is 72.8 Å². The first kappa shape index (κ1) is 24.2. The smallest absolute Gasteiger partial charge is 0.130 e. The Morgan fingerprint density at radius 3 is 2.52 bits per heavy atom. The number of benzene rings is 1. The Hall–Kier alpha value is -2.75. The van der Waals surface area contributed by atoms with E-state index in [1.165, 1.54) is 0 Å². The van der Waals surface area contributed by atoms with Crippen molar-refractivity contribution in [1.29, 1.82) is 0 Å². The monoisotopic (exact) mass is 370 g/mol. The molecule has 0 aliphatic carbocycles. The molecule has 0 fully saturated rings. The molecule has 0 aliphatic rings. The van der Waals surface area contributed by atoms with Gasteiger partial charge in [0.15, 0.2) is 0 Å². The molecule has 0 bridgehead atoms. The maximum Gasteiger partial charge on any atom is 0.130 e. The summed E-state index contributed by atoms with van der Waals surface area (Å²) in [5, 5.41) is 3.07. The van der Waals surface area contributed by atoms with Gasteiger partial charge in [0.25, 0.3) is 0 Å². The lowest BCUT2D eigenvalue weighted by Gasteiger charge is -2.07. The first-order valence-corrected chi connectivity index (χ1v) is 9.44. The van der Waals surface area contributed by atoms with Crippen LogP contribution in [0.4, 0.5) is 5.69 Å². The Kier molecular flexibility index (Phi) is 15.0. The third-order valence-electron chi connectivity index (χ3n) is 3.12. The Bertz CT molecular complexity index is 652. The predicted molar refractivity (Wildman–Crippen MR) is 116 cm³/mol. The maximum atomic E-state index is 5.63. The average molecular weight is 371 g/mol. The molecular weight excluding hydrogens is 336 g/mol. The molecule has 1 aromatic heterocycles. The minimum atomic E-state index is 0.494.